The molecule has 2 aromatic heterocycles. The van der Waals surface area contributed by atoms with Crippen molar-refractivity contribution < 1.29 is 0 Å². The van der Waals surface area contributed by atoms with Crippen molar-refractivity contribution in [3.63, 3.8) is 0 Å². The minimum absolute atomic E-state index is 0.263. The average molecular weight is 485 g/mol. The molecule has 2 heterocycles. The van der Waals surface area contributed by atoms with Crippen LogP contribution in [0, 0.1) is 0 Å². The van der Waals surface area contributed by atoms with Crippen molar-refractivity contribution in [1.82, 2.24) is 15.0 Å². The van der Waals surface area contributed by atoms with Crippen LogP contribution in [-0.2, 0) is 12.8 Å². The lowest BCUT2D eigenvalue weighted by atomic mass is 9.78. The quantitative estimate of drug-likeness (QED) is 0.275. The minimum atomic E-state index is 0.263. The maximum atomic E-state index is 6.12. The zero-order chi connectivity index (χ0) is 23.1. The summed E-state index contributed by atoms with van der Waals surface area (Å²) in [6.07, 6.45) is 5.74. The van der Waals surface area contributed by atoms with Crippen LogP contribution in [0.15, 0.2) is 79.1 Å². The topological polar surface area (TPSA) is 53.6 Å². The van der Waals surface area contributed by atoms with Crippen molar-refractivity contribution in [2.45, 2.75) is 18.8 Å². The summed E-state index contributed by atoms with van der Waals surface area (Å²) in [6.45, 7) is 0.739. The molecule has 0 aliphatic heterocycles. The Bertz CT molecular complexity index is 1490. The van der Waals surface area contributed by atoms with E-state index in [1.54, 1.807) is 0 Å². The highest BCUT2D eigenvalue weighted by Crippen LogP contribution is 2.42. The van der Waals surface area contributed by atoms with Gasteiger partial charge in [-0.3, -0.25) is 0 Å². The van der Waals surface area contributed by atoms with Crippen LogP contribution < -0.4 is 5.32 Å². The lowest BCUT2D eigenvalue weighted by Gasteiger charge is -2.27. The Kier molecular flexibility index (Phi) is 5.48. The van der Waals surface area contributed by atoms with Crippen LogP contribution in [0.3, 0.4) is 0 Å². The highest BCUT2D eigenvalue weighted by Gasteiger charge is 2.27. The molecule has 1 aliphatic rings. The van der Waals surface area contributed by atoms with E-state index in [2.05, 4.69) is 57.7 Å². The minimum Gasteiger partial charge on any atom is -0.361 e. The second-order valence-electron chi connectivity index (χ2n) is 8.64. The van der Waals surface area contributed by atoms with Gasteiger partial charge in [-0.2, -0.15) is 0 Å². The lowest BCUT2D eigenvalue weighted by Crippen LogP contribution is -2.16. The van der Waals surface area contributed by atoms with Gasteiger partial charge in [-0.05, 0) is 59.4 Å². The van der Waals surface area contributed by atoms with Gasteiger partial charge in [0.1, 0.15) is 0 Å². The lowest BCUT2D eigenvalue weighted by molar-refractivity contribution is 0.781. The Hall–Kier alpha value is -3.34. The molecule has 6 heteroatoms. The van der Waals surface area contributed by atoms with E-state index in [0.717, 1.165) is 46.2 Å². The summed E-state index contributed by atoms with van der Waals surface area (Å²) in [7, 11) is 0. The monoisotopic (exact) mass is 484 g/mol. The third-order valence-electron chi connectivity index (χ3n) is 6.56. The van der Waals surface area contributed by atoms with Crippen molar-refractivity contribution in [2.75, 3.05) is 11.9 Å². The summed E-state index contributed by atoms with van der Waals surface area (Å²) < 4.78 is 0. The number of nitrogens with zero attached hydrogens (tertiary/aromatic N) is 2. The number of anilines is 1. The summed E-state index contributed by atoms with van der Waals surface area (Å²) in [5, 5.41) is 6.10. The molecule has 4 nitrogen and oxygen atoms in total. The third kappa shape index (κ3) is 3.93. The molecule has 0 radical (unpaired) electrons. The van der Waals surface area contributed by atoms with Crippen LogP contribution in [0.2, 0.25) is 10.0 Å². The Balaban J connectivity index is 1.24. The second kappa shape index (κ2) is 8.79. The molecule has 6 rings (SSSR count). The van der Waals surface area contributed by atoms with Crippen LogP contribution in [-0.4, -0.2) is 21.5 Å². The third-order valence-corrected chi connectivity index (χ3v) is 7.05. The Morgan fingerprint density at radius 2 is 1.79 bits per heavy atom. The maximum Gasteiger partial charge on any atom is 0.223 e. The van der Waals surface area contributed by atoms with E-state index in [1.807, 2.05) is 36.7 Å². The van der Waals surface area contributed by atoms with Gasteiger partial charge in [-0.25, -0.2) is 9.97 Å². The van der Waals surface area contributed by atoms with E-state index in [4.69, 9.17) is 28.2 Å². The zero-order valence-electron chi connectivity index (χ0n) is 18.4. The van der Waals surface area contributed by atoms with Gasteiger partial charge in [0.2, 0.25) is 5.95 Å². The molecule has 1 aliphatic carbocycles. The largest absolute Gasteiger partial charge is 0.361 e. The van der Waals surface area contributed by atoms with Crippen molar-refractivity contribution in [2.24, 2.45) is 0 Å². The van der Waals surface area contributed by atoms with Crippen LogP contribution in [0.25, 0.3) is 22.2 Å². The van der Waals surface area contributed by atoms with Crippen molar-refractivity contribution >= 4 is 40.1 Å². The first-order valence-electron chi connectivity index (χ1n) is 11.4. The number of halogens is 2. The first-order valence-corrected chi connectivity index (χ1v) is 12.1. The van der Waals surface area contributed by atoms with E-state index >= 15 is 0 Å². The number of hydrogen-bond acceptors (Lipinski definition) is 3. The molecule has 0 saturated carbocycles. The molecule has 168 valence electrons. The highest BCUT2D eigenvalue weighted by atomic mass is 35.5. The van der Waals surface area contributed by atoms with Crippen LogP contribution in [0.4, 0.5) is 5.95 Å². The van der Waals surface area contributed by atoms with Crippen molar-refractivity contribution in [3.05, 3.63) is 111 Å². The molecular weight excluding hydrogens is 463 g/mol. The predicted molar refractivity (Wildman–Crippen MR) is 140 cm³/mol. The summed E-state index contributed by atoms with van der Waals surface area (Å²) in [5.74, 6) is 0.917. The number of aromatic nitrogens is 3. The van der Waals surface area contributed by atoms with E-state index in [1.165, 1.54) is 27.6 Å². The van der Waals surface area contributed by atoms with Gasteiger partial charge in [-0.1, -0.05) is 65.7 Å². The van der Waals surface area contributed by atoms with Gasteiger partial charge in [-0.15, -0.1) is 0 Å². The van der Waals surface area contributed by atoms with Gasteiger partial charge >= 0.3 is 0 Å². The fraction of sp³-hybridized carbons (Fsp3) is 0.143. The van der Waals surface area contributed by atoms with E-state index < -0.39 is 0 Å². The smallest absolute Gasteiger partial charge is 0.223 e. The van der Waals surface area contributed by atoms with Crippen molar-refractivity contribution in [3.8, 4) is 11.3 Å². The summed E-state index contributed by atoms with van der Waals surface area (Å²) in [5.41, 5.74) is 8.19. The number of aromatic amines is 1. The Morgan fingerprint density at radius 3 is 2.68 bits per heavy atom. The molecular formula is C28H22Cl2N4. The maximum absolute atomic E-state index is 6.12. The fourth-order valence-electron chi connectivity index (χ4n) is 4.89. The molecule has 2 N–H and O–H groups in total. The summed E-state index contributed by atoms with van der Waals surface area (Å²) in [4.78, 5) is 12.9. The van der Waals surface area contributed by atoms with Gasteiger partial charge in [0.15, 0.2) is 0 Å². The summed E-state index contributed by atoms with van der Waals surface area (Å²) in [6, 6.07) is 22.6. The SMILES string of the molecule is Clc1ccc(C2Cc3cnc(NCCc4c[nH]c5cc(Cl)ccc45)nc3-c3ccccc32)cc1. The van der Waals surface area contributed by atoms with Gasteiger partial charge in [0.25, 0.3) is 0 Å². The molecule has 5 aromatic rings. The summed E-state index contributed by atoms with van der Waals surface area (Å²) >= 11 is 12.2. The van der Waals surface area contributed by atoms with Gasteiger partial charge < -0.3 is 10.3 Å². The number of fused-ring (bicyclic) bond motifs is 4. The molecule has 0 amide bonds. The van der Waals surface area contributed by atoms with E-state index in [0.29, 0.717) is 5.95 Å². The first kappa shape index (κ1) is 21.2. The number of hydrogen-bond donors (Lipinski definition) is 2. The Morgan fingerprint density at radius 1 is 0.971 bits per heavy atom. The number of nitrogens with one attached hydrogen (secondary N) is 2. The van der Waals surface area contributed by atoms with Gasteiger partial charge in [0.05, 0.1) is 5.69 Å². The van der Waals surface area contributed by atoms with Crippen LogP contribution in [0.1, 0.15) is 28.2 Å². The molecule has 34 heavy (non-hydrogen) atoms. The zero-order valence-corrected chi connectivity index (χ0v) is 19.9. The second-order valence-corrected chi connectivity index (χ2v) is 9.52. The normalized spacial score (nSPS) is 14.6. The first-order chi connectivity index (χ1) is 16.7. The van der Waals surface area contributed by atoms with Crippen LogP contribution >= 0.6 is 23.2 Å². The predicted octanol–water partition coefficient (Wildman–Crippen LogP) is 7.27. The highest BCUT2D eigenvalue weighted by molar-refractivity contribution is 6.31. The number of benzene rings is 3. The average Bonchev–Trinajstić information content (AvgIpc) is 3.26. The molecule has 0 fully saturated rings. The molecule has 1 atom stereocenters. The molecule has 3 aromatic carbocycles. The standard InChI is InChI=1S/C28H22Cl2N4/c29-20-7-5-17(6-8-20)25-13-19-16-33-28(34-27(19)24-4-2-1-3-23(24)25)31-12-11-18-15-32-26-14-21(30)9-10-22(18)26/h1-10,14-16,25,32H,11-13H2,(H,31,33,34). The van der Waals surface area contributed by atoms with E-state index in [9.17, 15) is 0 Å². The fourth-order valence-corrected chi connectivity index (χ4v) is 5.19. The molecule has 1 unspecified atom stereocenters. The molecule has 0 saturated heterocycles. The number of H-pyrrole nitrogens is 1. The number of rotatable bonds is 5. The molecule has 0 spiro atoms. The van der Waals surface area contributed by atoms with Gasteiger partial charge in [0, 0.05) is 51.4 Å². The molecule has 0 bridgehead atoms. The van der Waals surface area contributed by atoms with Crippen LogP contribution in [0.5, 0.6) is 0 Å². The van der Waals surface area contributed by atoms with Crippen molar-refractivity contribution in [1.29, 1.82) is 0 Å². The Labute approximate surface area is 208 Å². The van der Waals surface area contributed by atoms with E-state index in [-0.39, 0.29) is 5.92 Å².